The van der Waals surface area contributed by atoms with Crippen LogP contribution >= 0.6 is 0 Å². The normalized spacial score (nSPS) is 12.6. The lowest BCUT2D eigenvalue weighted by Gasteiger charge is -2.13. The standard InChI is InChI=1S/C21H46N2O/c1-3-4-5-6-7-8-9-10-11-12-13-14-15-16-21(2)23-18-17-22-19-20-24/h21-24H,3-20H2,1-2H3. The van der Waals surface area contributed by atoms with Crippen LogP contribution in [0.2, 0.25) is 0 Å². The molecule has 0 aliphatic heterocycles. The number of hydrogen-bond acceptors (Lipinski definition) is 3. The van der Waals surface area contributed by atoms with E-state index in [1.807, 2.05) is 0 Å². The molecule has 0 amide bonds. The molecule has 0 aromatic rings. The van der Waals surface area contributed by atoms with Crippen molar-refractivity contribution in [3.05, 3.63) is 0 Å². The highest BCUT2D eigenvalue weighted by molar-refractivity contribution is 4.62. The predicted molar refractivity (Wildman–Crippen MR) is 108 cm³/mol. The summed E-state index contributed by atoms with van der Waals surface area (Å²) in [6.45, 7) is 7.45. The zero-order valence-electron chi connectivity index (χ0n) is 16.8. The summed E-state index contributed by atoms with van der Waals surface area (Å²) in [4.78, 5) is 0. The summed E-state index contributed by atoms with van der Waals surface area (Å²) < 4.78 is 0. The van der Waals surface area contributed by atoms with Gasteiger partial charge in [0.2, 0.25) is 0 Å². The third kappa shape index (κ3) is 19.9. The molecule has 0 aliphatic carbocycles. The van der Waals surface area contributed by atoms with Crippen molar-refractivity contribution < 1.29 is 5.11 Å². The molecule has 0 saturated carbocycles. The van der Waals surface area contributed by atoms with Gasteiger partial charge in [-0.2, -0.15) is 0 Å². The smallest absolute Gasteiger partial charge is 0.0555 e. The maximum absolute atomic E-state index is 8.68. The molecule has 1 atom stereocenters. The van der Waals surface area contributed by atoms with Crippen molar-refractivity contribution in [2.75, 3.05) is 26.2 Å². The van der Waals surface area contributed by atoms with Crippen LogP contribution in [-0.4, -0.2) is 37.4 Å². The van der Waals surface area contributed by atoms with E-state index < -0.39 is 0 Å². The van der Waals surface area contributed by atoms with Gasteiger partial charge in [-0.25, -0.2) is 0 Å². The summed E-state index contributed by atoms with van der Waals surface area (Å²) in [5.41, 5.74) is 0. The molecule has 0 aromatic heterocycles. The monoisotopic (exact) mass is 342 g/mol. The summed E-state index contributed by atoms with van der Waals surface area (Å²) in [6, 6.07) is 0.619. The van der Waals surface area contributed by atoms with Crippen LogP contribution in [0.4, 0.5) is 0 Å². The summed E-state index contributed by atoms with van der Waals surface area (Å²) in [5, 5.41) is 15.4. The van der Waals surface area contributed by atoms with Crippen molar-refractivity contribution >= 4 is 0 Å². The molecular weight excluding hydrogens is 296 g/mol. The van der Waals surface area contributed by atoms with E-state index in [0.717, 1.165) is 13.1 Å². The van der Waals surface area contributed by atoms with Crippen LogP contribution in [0.15, 0.2) is 0 Å². The van der Waals surface area contributed by atoms with Gasteiger partial charge in [0.25, 0.3) is 0 Å². The average molecular weight is 343 g/mol. The summed E-state index contributed by atoms with van der Waals surface area (Å²) in [6.07, 6.45) is 19.8. The van der Waals surface area contributed by atoms with Crippen molar-refractivity contribution in [1.82, 2.24) is 10.6 Å². The van der Waals surface area contributed by atoms with Crippen molar-refractivity contribution in [3.63, 3.8) is 0 Å². The summed E-state index contributed by atoms with van der Waals surface area (Å²) in [7, 11) is 0. The van der Waals surface area contributed by atoms with E-state index in [1.54, 1.807) is 0 Å². The molecular formula is C21H46N2O. The first-order valence-electron chi connectivity index (χ1n) is 10.9. The number of hydrogen-bond donors (Lipinski definition) is 3. The van der Waals surface area contributed by atoms with Gasteiger partial charge in [-0.15, -0.1) is 0 Å². The van der Waals surface area contributed by atoms with Gasteiger partial charge in [0.05, 0.1) is 6.61 Å². The van der Waals surface area contributed by atoms with Crippen molar-refractivity contribution in [1.29, 1.82) is 0 Å². The van der Waals surface area contributed by atoms with Crippen LogP contribution < -0.4 is 10.6 Å². The van der Waals surface area contributed by atoms with Crippen LogP contribution in [0.5, 0.6) is 0 Å². The maximum Gasteiger partial charge on any atom is 0.0555 e. The van der Waals surface area contributed by atoms with Gasteiger partial charge < -0.3 is 15.7 Å². The van der Waals surface area contributed by atoms with Crippen molar-refractivity contribution in [2.24, 2.45) is 0 Å². The molecule has 3 nitrogen and oxygen atoms in total. The largest absolute Gasteiger partial charge is 0.395 e. The minimum atomic E-state index is 0.231. The summed E-state index contributed by atoms with van der Waals surface area (Å²) in [5.74, 6) is 0. The third-order valence-corrected chi connectivity index (χ3v) is 4.82. The fourth-order valence-corrected chi connectivity index (χ4v) is 3.18. The Bertz CT molecular complexity index is 224. The lowest BCUT2D eigenvalue weighted by atomic mass is 10.0. The molecule has 0 saturated heterocycles. The van der Waals surface area contributed by atoms with Crippen LogP contribution in [0.1, 0.15) is 104 Å². The van der Waals surface area contributed by atoms with E-state index in [2.05, 4.69) is 24.5 Å². The molecule has 1 unspecified atom stereocenters. The molecule has 24 heavy (non-hydrogen) atoms. The second kappa shape index (κ2) is 20.9. The minimum absolute atomic E-state index is 0.231. The van der Waals surface area contributed by atoms with Crippen LogP contribution in [0, 0.1) is 0 Å². The zero-order chi connectivity index (χ0) is 17.7. The van der Waals surface area contributed by atoms with E-state index >= 15 is 0 Å². The molecule has 0 aromatic carbocycles. The fourth-order valence-electron chi connectivity index (χ4n) is 3.18. The lowest BCUT2D eigenvalue weighted by molar-refractivity contribution is 0.292. The third-order valence-electron chi connectivity index (χ3n) is 4.82. The SMILES string of the molecule is CCCCCCCCCCCCCCCC(C)NCCNCCO. The van der Waals surface area contributed by atoms with Gasteiger partial charge in [-0.3, -0.25) is 0 Å². The van der Waals surface area contributed by atoms with Crippen LogP contribution in [0.3, 0.4) is 0 Å². The summed E-state index contributed by atoms with van der Waals surface area (Å²) >= 11 is 0. The van der Waals surface area contributed by atoms with Gasteiger partial charge in [0.15, 0.2) is 0 Å². The van der Waals surface area contributed by atoms with E-state index in [9.17, 15) is 0 Å². The number of unbranched alkanes of at least 4 members (excludes halogenated alkanes) is 12. The second-order valence-corrected chi connectivity index (χ2v) is 7.36. The predicted octanol–water partition coefficient (Wildman–Crippen LogP) is 5.03. The van der Waals surface area contributed by atoms with Crippen molar-refractivity contribution in [3.8, 4) is 0 Å². The van der Waals surface area contributed by atoms with Gasteiger partial charge in [0, 0.05) is 25.7 Å². The minimum Gasteiger partial charge on any atom is -0.395 e. The molecule has 3 N–H and O–H groups in total. The lowest BCUT2D eigenvalue weighted by Crippen LogP contribution is -2.34. The molecule has 0 radical (unpaired) electrons. The Labute approximate surface area is 152 Å². The highest BCUT2D eigenvalue weighted by atomic mass is 16.3. The number of nitrogens with one attached hydrogen (secondary N) is 2. The Kier molecular flexibility index (Phi) is 20.8. The second-order valence-electron chi connectivity index (χ2n) is 7.36. The van der Waals surface area contributed by atoms with E-state index in [0.29, 0.717) is 12.6 Å². The Morgan fingerprint density at radius 3 is 1.67 bits per heavy atom. The Morgan fingerprint density at radius 2 is 1.17 bits per heavy atom. The van der Waals surface area contributed by atoms with Gasteiger partial charge in [-0.1, -0.05) is 90.4 Å². The molecule has 0 rings (SSSR count). The quantitative estimate of drug-likeness (QED) is 0.272. The number of aliphatic hydroxyl groups excluding tert-OH is 1. The van der Waals surface area contributed by atoms with Gasteiger partial charge >= 0.3 is 0 Å². The zero-order valence-corrected chi connectivity index (χ0v) is 16.8. The highest BCUT2D eigenvalue weighted by Crippen LogP contribution is 2.13. The molecule has 0 heterocycles. The first kappa shape index (κ1) is 23.9. The Morgan fingerprint density at radius 1 is 0.667 bits per heavy atom. The van der Waals surface area contributed by atoms with E-state index in [1.165, 1.54) is 89.9 Å². The fraction of sp³-hybridized carbons (Fsp3) is 1.00. The number of aliphatic hydroxyl groups is 1. The molecule has 0 bridgehead atoms. The highest BCUT2D eigenvalue weighted by Gasteiger charge is 2.00. The topological polar surface area (TPSA) is 44.3 Å². The number of rotatable bonds is 20. The van der Waals surface area contributed by atoms with E-state index in [4.69, 9.17) is 5.11 Å². The molecule has 0 fully saturated rings. The first-order chi connectivity index (χ1) is 11.8. The molecule has 0 aliphatic rings. The van der Waals surface area contributed by atoms with Gasteiger partial charge in [-0.05, 0) is 13.3 Å². The Hall–Kier alpha value is -0.120. The average Bonchev–Trinajstić information content (AvgIpc) is 2.59. The van der Waals surface area contributed by atoms with Gasteiger partial charge in [0.1, 0.15) is 0 Å². The van der Waals surface area contributed by atoms with Crippen LogP contribution in [0.25, 0.3) is 0 Å². The molecule has 146 valence electrons. The maximum atomic E-state index is 8.68. The first-order valence-corrected chi connectivity index (χ1v) is 10.9. The van der Waals surface area contributed by atoms with Crippen molar-refractivity contribution in [2.45, 2.75) is 110 Å². The molecule has 0 spiro atoms. The molecule has 3 heteroatoms. The van der Waals surface area contributed by atoms with Crippen LogP contribution in [-0.2, 0) is 0 Å². The van der Waals surface area contributed by atoms with E-state index in [-0.39, 0.29) is 6.61 Å². The Balaban J connectivity index is 3.08.